The van der Waals surface area contributed by atoms with Crippen LogP contribution in [0.2, 0.25) is 0 Å². The lowest BCUT2D eigenvalue weighted by atomic mass is 9.99. The number of rotatable bonds is 5. The van der Waals surface area contributed by atoms with Gasteiger partial charge in [0.05, 0.1) is 11.4 Å². The molecule has 0 spiro atoms. The van der Waals surface area contributed by atoms with Crippen LogP contribution in [0, 0.1) is 5.92 Å². The molecule has 1 aromatic carbocycles. The fourth-order valence-electron chi connectivity index (χ4n) is 2.87. The van der Waals surface area contributed by atoms with E-state index >= 15 is 0 Å². The summed E-state index contributed by atoms with van der Waals surface area (Å²) in [6, 6.07) is 9.33. The Balaban J connectivity index is 2.26. The standard InChI is InChI=1S/C16H27N3/c1-5-17-12-16(13(2)3)19-11-10-18(4)14-8-6-7-9-15(14)19/h6-9,13,16-17H,5,10-12H2,1-4H3. The zero-order valence-corrected chi connectivity index (χ0v) is 12.7. The highest BCUT2D eigenvalue weighted by Crippen LogP contribution is 2.34. The van der Waals surface area contributed by atoms with Crippen molar-refractivity contribution in [3.8, 4) is 0 Å². The van der Waals surface area contributed by atoms with Gasteiger partial charge in [-0.3, -0.25) is 0 Å². The fraction of sp³-hybridized carbons (Fsp3) is 0.625. The zero-order valence-electron chi connectivity index (χ0n) is 12.7. The molecule has 0 aliphatic carbocycles. The Bertz CT molecular complexity index is 403. The van der Waals surface area contributed by atoms with E-state index < -0.39 is 0 Å². The molecule has 2 rings (SSSR count). The molecule has 1 N–H and O–H groups in total. The van der Waals surface area contributed by atoms with Crippen LogP contribution in [0.4, 0.5) is 11.4 Å². The van der Waals surface area contributed by atoms with Gasteiger partial charge in [-0.25, -0.2) is 0 Å². The first kappa shape index (κ1) is 14.2. The molecule has 0 bridgehead atoms. The molecule has 1 aliphatic rings. The number of nitrogens with zero attached hydrogens (tertiary/aromatic N) is 2. The SMILES string of the molecule is CCNCC(C(C)C)N1CCN(C)c2ccccc21. The minimum Gasteiger partial charge on any atom is -0.371 e. The summed E-state index contributed by atoms with van der Waals surface area (Å²) in [4.78, 5) is 4.94. The third-order valence-corrected chi connectivity index (χ3v) is 4.05. The summed E-state index contributed by atoms with van der Waals surface area (Å²) < 4.78 is 0. The normalized spacial score (nSPS) is 16.7. The molecular weight excluding hydrogens is 234 g/mol. The summed E-state index contributed by atoms with van der Waals surface area (Å²) in [5.74, 6) is 0.649. The third kappa shape index (κ3) is 3.03. The van der Waals surface area contributed by atoms with Gasteiger partial charge in [0.15, 0.2) is 0 Å². The lowest BCUT2D eigenvalue weighted by Gasteiger charge is -2.43. The van der Waals surface area contributed by atoms with Crippen molar-refractivity contribution in [1.82, 2.24) is 5.32 Å². The van der Waals surface area contributed by atoms with Crippen molar-refractivity contribution >= 4 is 11.4 Å². The number of fused-ring (bicyclic) bond motifs is 1. The van der Waals surface area contributed by atoms with E-state index in [9.17, 15) is 0 Å². The lowest BCUT2D eigenvalue weighted by molar-refractivity contribution is 0.427. The molecule has 0 fully saturated rings. The highest BCUT2D eigenvalue weighted by atomic mass is 15.3. The van der Waals surface area contributed by atoms with Gasteiger partial charge >= 0.3 is 0 Å². The zero-order chi connectivity index (χ0) is 13.8. The molecule has 1 aromatic rings. The second-order valence-electron chi connectivity index (χ2n) is 5.72. The van der Waals surface area contributed by atoms with Crippen molar-refractivity contribution in [3.05, 3.63) is 24.3 Å². The minimum atomic E-state index is 0.565. The van der Waals surface area contributed by atoms with Crippen molar-refractivity contribution in [2.24, 2.45) is 5.92 Å². The number of hydrogen-bond donors (Lipinski definition) is 1. The third-order valence-electron chi connectivity index (χ3n) is 4.05. The smallest absolute Gasteiger partial charge is 0.0607 e. The Morgan fingerprint density at radius 1 is 1.16 bits per heavy atom. The second-order valence-corrected chi connectivity index (χ2v) is 5.72. The first-order valence-corrected chi connectivity index (χ1v) is 7.42. The highest BCUT2D eigenvalue weighted by molar-refractivity contribution is 5.73. The van der Waals surface area contributed by atoms with E-state index in [2.05, 4.69) is 67.2 Å². The van der Waals surface area contributed by atoms with Crippen LogP contribution in [-0.2, 0) is 0 Å². The summed E-state index contributed by atoms with van der Waals surface area (Å²) in [5, 5.41) is 3.51. The van der Waals surface area contributed by atoms with Crippen LogP contribution >= 0.6 is 0 Å². The topological polar surface area (TPSA) is 18.5 Å². The van der Waals surface area contributed by atoms with Gasteiger partial charge in [-0.2, -0.15) is 0 Å². The molecular formula is C16H27N3. The first-order valence-electron chi connectivity index (χ1n) is 7.42. The lowest BCUT2D eigenvalue weighted by Crippen LogP contribution is -2.51. The largest absolute Gasteiger partial charge is 0.371 e. The van der Waals surface area contributed by atoms with Crippen LogP contribution in [0.3, 0.4) is 0 Å². The van der Waals surface area contributed by atoms with E-state index in [-0.39, 0.29) is 0 Å². The second kappa shape index (κ2) is 6.29. The maximum absolute atomic E-state index is 3.51. The number of para-hydroxylation sites is 2. The van der Waals surface area contributed by atoms with Gasteiger partial charge in [-0.1, -0.05) is 32.9 Å². The number of hydrogen-bond acceptors (Lipinski definition) is 3. The molecule has 19 heavy (non-hydrogen) atoms. The van der Waals surface area contributed by atoms with E-state index in [1.54, 1.807) is 0 Å². The summed E-state index contributed by atoms with van der Waals surface area (Å²) >= 11 is 0. The maximum Gasteiger partial charge on any atom is 0.0607 e. The van der Waals surface area contributed by atoms with Crippen molar-refractivity contribution in [2.45, 2.75) is 26.8 Å². The van der Waals surface area contributed by atoms with E-state index in [0.717, 1.165) is 26.2 Å². The van der Waals surface area contributed by atoms with Gasteiger partial charge in [0.2, 0.25) is 0 Å². The molecule has 0 saturated carbocycles. The summed E-state index contributed by atoms with van der Waals surface area (Å²) in [5.41, 5.74) is 2.74. The Labute approximate surface area is 117 Å². The molecule has 106 valence electrons. The Morgan fingerprint density at radius 2 is 1.84 bits per heavy atom. The van der Waals surface area contributed by atoms with Gasteiger partial charge in [0.1, 0.15) is 0 Å². The molecule has 1 heterocycles. The van der Waals surface area contributed by atoms with Crippen molar-refractivity contribution in [1.29, 1.82) is 0 Å². The van der Waals surface area contributed by atoms with E-state index in [0.29, 0.717) is 12.0 Å². The van der Waals surface area contributed by atoms with Crippen molar-refractivity contribution < 1.29 is 0 Å². The molecule has 3 heteroatoms. The maximum atomic E-state index is 3.51. The Hall–Kier alpha value is -1.22. The number of anilines is 2. The van der Waals surface area contributed by atoms with Crippen molar-refractivity contribution in [2.75, 3.05) is 43.0 Å². The Kier molecular flexibility index (Phi) is 4.70. The molecule has 0 aromatic heterocycles. The van der Waals surface area contributed by atoms with Gasteiger partial charge in [0, 0.05) is 32.7 Å². The average molecular weight is 261 g/mol. The highest BCUT2D eigenvalue weighted by Gasteiger charge is 2.27. The Morgan fingerprint density at radius 3 is 2.47 bits per heavy atom. The van der Waals surface area contributed by atoms with Crippen LogP contribution in [0.1, 0.15) is 20.8 Å². The van der Waals surface area contributed by atoms with E-state index in [1.165, 1.54) is 11.4 Å². The molecule has 1 aliphatic heterocycles. The first-order chi connectivity index (χ1) is 9.15. The van der Waals surface area contributed by atoms with Crippen LogP contribution < -0.4 is 15.1 Å². The fourth-order valence-corrected chi connectivity index (χ4v) is 2.87. The monoisotopic (exact) mass is 261 g/mol. The minimum absolute atomic E-state index is 0.565. The van der Waals surface area contributed by atoms with Crippen LogP contribution in [0.25, 0.3) is 0 Å². The quantitative estimate of drug-likeness (QED) is 0.879. The van der Waals surface area contributed by atoms with Crippen molar-refractivity contribution in [3.63, 3.8) is 0 Å². The number of nitrogens with one attached hydrogen (secondary N) is 1. The summed E-state index contributed by atoms with van der Waals surface area (Å²) in [7, 11) is 2.19. The van der Waals surface area contributed by atoms with Crippen LogP contribution in [-0.4, -0.2) is 39.3 Å². The van der Waals surface area contributed by atoms with E-state index in [1.807, 2.05) is 0 Å². The van der Waals surface area contributed by atoms with E-state index in [4.69, 9.17) is 0 Å². The summed E-state index contributed by atoms with van der Waals surface area (Å²) in [6.07, 6.45) is 0. The number of benzene rings is 1. The molecule has 1 unspecified atom stereocenters. The number of likely N-dealkylation sites (N-methyl/N-ethyl adjacent to an activating group) is 2. The van der Waals surface area contributed by atoms with Gasteiger partial charge in [0.25, 0.3) is 0 Å². The molecule has 3 nitrogen and oxygen atoms in total. The van der Waals surface area contributed by atoms with Gasteiger partial charge < -0.3 is 15.1 Å². The molecule has 0 saturated heterocycles. The van der Waals surface area contributed by atoms with Crippen LogP contribution in [0.15, 0.2) is 24.3 Å². The predicted molar refractivity (Wildman–Crippen MR) is 84.2 cm³/mol. The predicted octanol–water partition coefficient (Wildman–Crippen LogP) is 2.58. The molecule has 0 radical (unpaired) electrons. The molecule has 0 amide bonds. The van der Waals surface area contributed by atoms with Gasteiger partial charge in [-0.15, -0.1) is 0 Å². The van der Waals surface area contributed by atoms with Gasteiger partial charge in [-0.05, 0) is 24.6 Å². The molecule has 1 atom stereocenters. The average Bonchev–Trinajstić information content (AvgIpc) is 2.41. The summed E-state index contributed by atoms with van der Waals surface area (Å²) in [6.45, 7) is 11.1. The van der Waals surface area contributed by atoms with Crippen LogP contribution in [0.5, 0.6) is 0 Å².